The maximum absolute atomic E-state index is 11.6. The van der Waals surface area contributed by atoms with Crippen LogP contribution in [0.3, 0.4) is 0 Å². The van der Waals surface area contributed by atoms with Gasteiger partial charge in [-0.1, -0.05) is 29.8 Å². The van der Waals surface area contributed by atoms with E-state index in [4.69, 9.17) is 0 Å². The molecule has 1 atom stereocenters. The molecule has 0 aliphatic heterocycles. The standard InChI is InChI=1S/C9H11BrOS/c1-7(2)12(11)9-5-3-8(10)4-6-9/h3-7H,1-2H3. The molecule has 1 unspecified atom stereocenters. The summed E-state index contributed by atoms with van der Waals surface area (Å²) < 4.78 is 12.6. The monoisotopic (exact) mass is 246 g/mol. The van der Waals surface area contributed by atoms with Crippen LogP contribution in [0, 0.1) is 0 Å². The summed E-state index contributed by atoms with van der Waals surface area (Å²) >= 11 is 3.33. The Morgan fingerprint density at radius 3 is 2.17 bits per heavy atom. The predicted octanol–water partition coefficient (Wildman–Crippen LogP) is 2.97. The zero-order chi connectivity index (χ0) is 9.14. The molecular formula is C9H11BrOS. The molecule has 1 aromatic rings. The number of halogens is 1. The molecule has 0 aliphatic carbocycles. The Morgan fingerprint density at radius 2 is 1.75 bits per heavy atom. The van der Waals surface area contributed by atoms with Crippen molar-refractivity contribution in [1.82, 2.24) is 0 Å². The molecule has 12 heavy (non-hydrogen) atoms. The van der Waals surface area contributed by atoms with E-state index in [2.05, 4.69) is 15.9 Å². The number of hydrogen-bond acceptors (Lipinski definition) is 1. The van der Waals surface area contributed by atoms with Gasteiger partial charge in [-0.3, -0.25) is 4.21 Å². The summed E-state index contributed by atoms with van der Waals surface area (Å²) in [6.45, 7) is 3.91. The first-order chi connectivity index (χ1) is 5.61. The first-order valence-electron chi connectivity index (χ1n) is 3.77. The molecule has 0 saturated carbocycles. The van der Waals surface area contributed by atoms with Gasteiger partial charge in [0.1, 0.15) is 0 Å². The molecule has 0 heterocycles. The van der Waals surface area contributed by atoms with Crippen LogP contribution in [0.2, 0.25) is 0 Å². The van der Waals surface area contributed by atoms with Crippen molar-refractivity contribution in [2.24, 2.45) is 0 Å². The lowest BCUT2D eigenvalue weighted by Crippen LogP contribution is -2.05. The lowest BCUT2D eigenvalue weighted by atomic mass is 10.4. The van der Waals surface area contributed by atoms with Crippen molar-refractivity contribution < 1.29 is 4.21 Å². The molecule has 3 heteroatoms. The lowest BCUT2D eigenvalue weighted by molar-refractivity contribution is 0.676. The summed E-state index contributed by atoms with van der Waals surface area (Å²) in [5.74, 6) is 0. The van der Waals surface area contributed by atoms with Crippen molar-refractivity contribution in [1.29, 1.82) is 0 Å². The molecule has 0 bridgehead atoms. The molecule has 0 amide bonds. The Balaban J connectivity index is 2.90. The molecule has 66 valence electrons. The van der Waals surface area contributed by atoms with Gasteiger partial charge in [-0.05, 0) is 24.3 Å². The van der Waals surface area contributed by atoms with Gasteiger partial charge in [-0.2, -0.15) is 0 Å². The van der Waals surface area contributed by atoms with Crippen LogP contribution in [0.1, 0.15) is 13.8 Å². The second-order valence-electron chi connectivity index (χ2n) is 2.80. The van der Waals surface area contributed by atoms with E-state index in [1.54, 1.807) is 0 Å². The average Bonchev–Trinajstić information content (AvgIpc) is 2.04. The number of rotatable bonds is 2. The van der Waals surface area contributed by atoms with Gasteiger partial charge in [0.25, 0.3) is 0 Å². The molecule has 1 aromatic carbocycles. The van der Waals surface area contributed by atoms with Gasteiger partial charge in [0.15, 0.2) is 0 Å². The summed E-state index contributed by atoms with van der Waals surface area (Å²) in [5, 5.41) is 0.186. The second-order valence-corrected chi connectivity index (χ2v) is 5.72. The van der Waals surface area contributed by atoms with Crippen molar-refractivity contribution in [3.63, 3.8) is 0 Å². The van der Waals surface area contributed by atoms with Crippen molar-refractivity contribution in [3.05, 3.63) is 28.7 Å². The molecule has 0 N–H and O–H groups in total. The zero-order valence-electron chi connectivity index (χ0n) is 7.08. The second kappa shape index (κ2) is 4.19. The van der Waals surface area contributed by atoms with Crippen molar-refractivity contribution in [2.45, 2.75) is 24.0 Å². The summed E-state index contributed by atoms with van der Waals surface area (Å²) in [6, 6.07) is 7.60. The fourth-order valence-electron chi connectivity index (χ4n) is 0.841. The SMILES string of the molecule is CC(C)S(=O)c1ccc(Br)cc1. The quantitative estimate of drug-likeness (QED) is 0.785. The van der Waals surface area contributed by atoms with Gasteiger partial charge in [-0.25, -0.2) is 0 Å². The van der Waals surface area contributed by atoms with E-state index < -0.39 is 10.8 Å². The van der Waals surface area contributed by atoms with E-state index in [9.17, 15) is 4.21 Å². The minimum absolute atomic E-state index is 0.186. The van der Waals surface area contributed by atoms with Crippen LogP contribution in [0.15, 0.2) is 33.6 Å². The molecule has 1 rings (SSSR count). The van der Waals surface area contributed by atoms with Gasteiger partial charge in [0, 0.05) is 14.6 Å². The molecular weight excluding hydrogens is 236 g/mol. The fraction of sp³-hybridized carbons (Fsp3) is 0.333. The maximum Gasteiger partial charge on any atom is 0.0555 e. The Kier molecular flexibility index (Phi) is 3.47. The van der Waals surface area contributed by atoms with Crippen LogP contribution in [0.25, 0.3) is 0 Å². The third-order valence-electron chi connectivity index (χ3n) is 1.47. The molecule has 0 saturated heterocycles. The van der Waals surface area contributed by atoms with E-state index in [1.165, 1.54) is 0 Å². The molecule has 0 aromatic heterocycles. The normalized spacial score (nSPS) is 13.3. The van der Waals surface area contributed by atoms with Gasteiger partial charge >= 0.3 is 0 Å². The predicted molar refractivity (Wildman–Crippen MR) is 55.7 cm³/mol. The van der Waals surface area contributed by atoms with Crippen molar-refractivity contribution in [2.75, 3.05) is 0 Å². The Morgan fingerprint density at radius 1 is 1.25 bits per heavy atom. The van der Waals surface area contributed by atoms with Crippen LogP contribution in [-0.4, -0.2) is 9.46 Å². The van der Waals surface area contributed by atoms with E-state index in [0.717, 1.165) is 9.37 Å². The van der Waals surface area contributed by atoms with Gasteiger partial charge in [0.2, 0.25) is 0 Å². The number of benzene rings is 1. The van der Waals surface area contributed by atoms with E-state index in [1.807, 2.05) is 38.1 Å². The first-order valence-corrected chi connectivity index (χ1v) is 5.78. The smallest absolute Gasteiger partial charge is 0.0555 e. The average molecular weight is 247 g/mol. The van der Waals surface area contributed by atoms with Gasteiger partial charge in [-0.15, -0.1) is 0 Å². The zero-order valence-corrected chi connectivity index (χ0v) is 9.48. The van der Waals surface area contributed by atoms with Crippen LogP contribution >= 0.6 is 15.9 Å². The molecule has 0 fully saturated rings. The topological polar surface area (TPSA) is 17.1 Å². The van der Waals surface area contributed by atoms with Gasteiger partial charge in [0.05, 0.1) is 10.8 Å². The van der Waals surface area contributed by atoms with Crippen molar-refractivity contribution in [3.8, 4) is 0 Å². The van der Waals surface area contributed by atoms with E-state index in [0.29, 0.717) is 0 Å². The summed E-state index contributed by atoms with van der Waals surface area (Å²) in [6.07, 6.45) is 0. The molecule has 0 aliphatic rings. The molecule has 0 spiro atoms. The summed E-state index contributed by atoms with van der Waals surface area (Å²) in [4.78, 5) is 0.896. The first kappa shape index (κ1) is 9.93. The van der Waals surface area contributed by atoms with E-state index >= 15 is 0 Å². The molecule has 0 radical (unpaired) electrons. The highest BCUT2D eigenvalue weighted by Crippen LogP contribution is 2.15. The Hall–Kier alpha value is -0.150. The van der Waals surface area contributed by atoms with Crippen LogP contribution in [0.5, 0.6) is 0 Å². The largest absolute Gasteiger partial charge is 0.254 e. The maximum atomic E-state index is 11.6. The Bertz CT molecular complexity index is 279. The molecule has 1 nitrogen and oxygen atoms in total. The fourth-order valence-corrected chi connectivity index (χ4v) is 2.05. The summed E-state index contributed by atoms with van der Waals surface area (Å²) in [5.41, 5.74) is 0. The third-order valence-corrected chi connectivity index (χ3v) is 3.60. The Labute approximate surface area is 83.8 Å². The minimum atomic E-state index is -0.864. The van der Waals surface area contributed by atoms with Crippen LogP contribution in [0.4, 0.5) is 0 Å². The lowest BCUT2D eigenvalue weighted by Gasteiger charge is -2.04. The highest BCUT2D eigenvalue weighted by molar-refractivity contribution is 9.10. The van der Waals surface area contributed by atoms with E-state index in [-0.39, 0.29) is 5.25 Å². The van der Waals surface area contributed by atoms with Gasteiger partial charge < -0.3 is 0 Å². The third kappa shape index (κ3) is 2.42. The summed E-state index contributed by atoms with van der Waals surface area (Å²) in [7, 11) is -0.864. The van der Waals surface area contributed by atoms with Crippen LogP contribution < -0.4 is 0 Å². The minimum Gasteiger partial charge on any atom is -0.254 e. The van der Waals surface area contributed by atoms with Crippen molar-refractivity contribution >= 4 is 26.7 Å². The number of hydrogen-bond donors (Lipinski definition) is 0. The highest BCUT2D eigenvalue weighted by atomic mass is 79.9. The van der Waals surface area contributed by atoms with Crippen LogP contribution in [-0.2, 0) is 10.8 Å². The highest BCUT2D eigenvalue weighted by Gasteiger charge is 2.06.